The highest BCUT2D eigenvalue weighted by molar-refractivity contribution is 5.95. The zero-order valence-electron chi connectivity index (χ0n) is 11.8. The first-order valence-corrected chi connectivity index (χ1v) is 6.81. The summed E-state index contributed by atoms with van der Waals surface area (Å²) in [4.78, 5) is 14.2. The van der Waals surface area contributed by atoms with E-state index in [9.17, 15) is 4.79 Å². The van der Waals surface area contributed by atoms with E-state index >= 15 is 0 Å². The maximum Gasteiger partial charge on any atom is 0.227 e. The Morgan fingerprint density at radius 3 is 2.89 bits per heavy atom. The van der Waals surface area contributed by atoms with Gasteiger partial charge < -0.3 is 15.4 Å². The van der Waals surface area contributed by atoms with Gasteiger partial charge in [-0.3, -0.25) is 4.79 Å². The summed E-state index contributed by atoms with van der Waals surface area (Å²) in [5.41, 5.74) is 7.52. The molecule has 0 saturated heterocycles. The van der Waals surface area contributed by atoms with Crippen molar-refractivity contribution >= 4 is 11.6 Å². The molecule has 1 aromatic carbocycles. The summed E-state index contributed by atoms with van der Waals surface area (Å²) in [7, 11) is 0. The lowest BCUT2D eigenvalue weighted by Crippen LogP contribution is -2.42. The van der Waals surface area contributed by atoms with Crippen molar-refractivity contribution in [2.24, 2.45) is 11.7 Å². The molecule has 0 radical (unpaired) electrons. The summed E-state index contributed by atoms with van der Waals surface area (Å²) in [5, 5.41) is 0. The molecule has 1 heterocycles. The van der Waals surface area contributed by atoms with Gasteiger partial charge in [0, 0.05) is 13.0 Å². The number of fused-ring (bicyclic) bond motifs is 1. The van der Waals surface area contributed by atoms with Crippen LogP contribution in [-0.2, 0) is 11.3 Å². The summed E-state index contributed by atoms with van der Waals surface area (Å²) in [6.45, 7) is 7.18. The van der Waals surface area contributed by atoms with Gasteiger partial charge in [-0.25, -0.2) is 0 Å². The lowest BCUT2D eigenvalue weighted by atomic mass is 10.1. The van der Waals surface area contributed by atoms with Crippen LogP contribution >= 0.6 is 0 Å². The quantitative estimate of drug-likeness (QED) is 0.909. The number of hydrogen-bond donors (Lipinski definition) is 1. The van der Waals surface area contributed by atoms with E-state index in [1.165, 1.54) is 0 Å². The average molecular weight is 262 g/mol. The molecule has 1 aromatic rings. The summed E-state index contributed by atoms with van der Waals surface area (Å²) in [5.74, 6) is 1.28. The number of hydrogen-bond acceptors (Lipinski definition) is 3. The molecule has 1 aliphatic heterocycles. The summed E-state index contributed by atoms with van der Waals surface area (Å²) in [6.07, 6.45) is 0.571. The monoisotopic (exact) mass is 262 g/mol. The Morgan fingerprint density at radius 2 is 2.26 bits per heavy atom. The number of nitrogens with two attached hydrogens (primary N) is 1. The van der Waals surface area contributed by atoms with Crippen LogP contribution in [0.1, 0.15) is 32.8 Å². The summed E-state index contributed by atoms with van der Waals surface area (Å²) >= 11 is 0. The fraction of sp³-hybridized carbons (Fsp3) is 0.533. The van der Waals surface area contributed by atoms with Crippen molar-refractivity contribution in [1.29, 1.82) is 0 Å². The van der Waals surface area contributed by atoms with E-state index in [1.807, 2.05) is 30.0 Å². The van der Waals surface area contributed by atoms with E-state index in [1.54, 1.807) is 0 Å². The van der Waals surface area contributed by atoms with Gasteiger partial charge >= 0.3 is 0 Å². The SMILES string of the molecule is CC(C)CC(=O)N1CC(C)Oc2cc(CN)ccc21. The predicted molar refractivity (Wildman–Crippen MR) is 76.2 cm³/mol. The fourth-order valence-corrected chi connectivity index (χ4v) is 2.31. The number of amides is 1. The Hall–Kier alpha value is -1.55. The molecule has 19 heavy (non-hydrogen) atoms. The summed E-state index contributed by atoms with van der Waals surface area (Å²) in [6, 6.07) is 5.82. The van der Waals surface area contributed by atoms with E-state index in [4.69, 9.17) is 10.5 Å². The molecule has 4 heteroatoms. The van der Waals surface area contributed by atoms with Crippen LogP contribution in [0, 0.1) is 5.92 Å². The van der Waals surface area contributed by atoms with Crippen molar-refractivity contribution in [1.82, 2.24) is 0 Å². The van der Waals surface area contributed by atoms with Gasteiger partial charge in [-0.1, -0.05) is 19.9 Å². The van der Waals surface area contributed by atoms with Crippen LogP contribution in [0.3, 0.4) is 0 Å². The van der Waals surface area contributed by atoms with Crippen LogP contribution in [-0.4, -0.2) is 18.6 Å². The van der Waals surface area contributed by atoms with Crippen LogP contribution in [0.25, 0.3) is 0 Å². The molecule has 0 aliphatic carbocycles. The van der Waals surface area contributed by atoms with E-state index < -0.39 is 0 Å². The number of carbonyl (C=O) groups is 1. The van der Waals surface area contributed by atoms with Crippen LogP contribution in [0.4, 0.5) is 5.69 Å². The molecule has 2 rings (SSSR count). The molecule has 2 N–H and O–H groups in total. The van der Waals surface area contributed by atoms with Crippen LogP contribution < -0.4 is 15.4 Å². The van der Waals surface area contributed by atoms with Crippen molar-refractivity contribution in [3.63, 3.8) is 0 Å². The second-order valence-electron chi connectivity index (χ2n) is 5.54. The molecule has 1 atom stereocenters. The number of anilines is 1. The van der Waals surface area contributed by atoms with E-state index in [0.29, 0.717) is 25.4 Å². The molecule has 0 saturated carbocycles. The molecule has 0 aromatic heterocycles. The van der Waals surface area contributed by atoms with Gasteiger partial charge in [0.05, 0.1) is 12.2 Å². The molecule has 1 amide bonds. The third kappa shape index (κ3) is 3.07. The Kier molecular flexibility index (Phi) is 4.10. The first-order chi connectivity index (χ1) is 9.01. The van der Waals surface area contributed by atoms with Gasteiger partial charge in [0.1, 0.15) is 11.9 Å². The minimum atomic E-state index is 0.0108. The highest BCUT2D eigenvalue weighted by atomic mass is 16.5. The van der Waals surface area contributed by atoms with E-state index in [0.717, 1.165) is 17.0 Å². The first kappa shape index (κ1) is 13.9. The number of ether oxygens (including phenoxy) is 1. The molecule has 0 spiro atoms. The molecular weight excluding hydrogens is 240 g/mol. The van der Waals surface area contributed by atoms with Crippen LogP contribution in [0.2, 0.25) is 0 Å². The Balaban J connectivity index is 2.30. The number of benzene rings is 1. The van der Waals surface area contributed by atoms with Crippen LogP contribution in [0.15, 0.2) is 18.2 Å². The molecule has 4 nitrogen and oxygen atoms in total. The zero-order valence-corrected chi connectivity index (χ0v) is 11.8. The average Bonchev–Trinajstić information content (AvgIpc) is 2.36. The largest absolute Gasteiger partial charge is 0.487 e. The van der Waals surface area contributed by atoms with Crippen molar-refractivity contribution in [3.05, 3.63) is 23.8 Å². The van der Waals surface area contributed by atoms with Crippen molar-refractivity contribution in [2.45, 2.75) is 39.8 Å². The molecular formula is C15H22N2O2. The Morgan fingerprint density at radius 1 is 1.53 bits per heavy atom. The van der Waals surface area contributed by atoms with Crippen molar-refractivity contribution in [3.8, 4) is 5.75 Å². The lowest BCUT2D eigenvalue weighted by molar-refractivity contribution is -0.119. The maximum absolute atomic E-state index is 12.3. The maximum atomic E-state index is 12.3. The van der Waals surface area contributed by atoms with Gasteiger partial charge in [0.2, 0.25) is 5.91 Å². The van der Waals surface area contributed by atoms with Crippen molar-refractivity contribution < 1.29 is 9.53 Å². The normalized spacial score (nSPS) is 18.2. The Labute approximate surface area is 114 Å². The summed E-state index contributed by atoms with van der Waals surface area (Å²) < 4.78 is 5.81. The molecule has 1 aliphatic rings. The third-order valence-corrected chi connectivity index (χ3v) is 3.20. The zero-order chi connectivity index (χ0) is 14.0. The Bertz CT molecular complexity index is 471. The van der Waals surface area contributed by atoms with Gasteiger partial charge in [-0.15, -0.1) is 0 Å². The highest BCUT2D eigenvalue weighted by Gasteiger charge is 2.27. The first-order valence-electron chi connectivity index (χ1n) is 6.81. The minimum Gasteiger partial charge on any atom is -0.487 e. The molecule has 0 fully saturated rings. The van der Waals surface area contributed by atoms with Gasteiger partial charge in [0.15, 0.2) is 0 Å². The second kappa shape index (κ2) is 5.61. The van der Waals surface area contributed by atoms with Gasteiger partial charge in [-0.2, -0.15) is 0 Å². The van der Waals surface area contributed by atoms with Crippen molar-refractivity contribution in [2.75, 3.05) is 11.4 Å². The second-order valence-corrected chi connectivity index (χ2v) is 5.54. The van der Waals surface area contributed by atoms with Gasteiger partial charge in [0.25, 0.3) is 0 Å². The molecule has 1 unspecified atom stereocenters. The molecule has 0 bridgehead atoms. The predicted octanol–water partition coefficient (Wildman–Crippen LogP) is 2.31. The standard InChI is InChI=1S/C15H22N2O2/c1-10(2)6-15(18)17-9-11(3)19-14-7-12(8-16)4-5-13(14)17/h4-5,7,10-11H,6,8-9,16H2,1-3H3. The fourth-order valence-electron chi connectivity index (χ4n) is 2.31. The minimum absolute atomic E-state index is 0.0108. The number of rotatable bonds is 3. The third-order valence-electron chi connectivity index (χ3n) is 3.20. The van der Waals surface area contributed by atoms with Gasteiger partial charge in [-0.05, 0) is 30.5 Å². The topological polar surface area (TPSA) is 55.6 Å². The smallest absolute Gasteiger partial charge is 0.227 e. The van der Waals surface area contributed by atoms with E-state index in [2.05, 4.69) is 13.8 Å². The highest BCUT2D eigenvalue weighted by Crippen LogP contribution is 2.34. The number of nitrogens with zero attached hydrogens (tertiary/aromatic N) is 1. The van der Waals surface area contributed by atoms with E-state index in [-0.39, 0.29) is 12.0 Å². The number of carbonyl (C=O) groups excluding carboxylic acids is 1. The van der Waals surface area contributed by atoms with Crippen LogP contribution in [0.5, 0.6) is 5.75 Å². The molecule has 104 valence electrons. The lowest BCUT2D eigenvalue weighted by Gasteiger charge is -2.34.